The van der Waals surface area contributed by atoms with Crippen molar-refractivity contribution in [2.75, 3.05) is 11.1 Å². The Kier molecular flexibility index (Phi) is 3.00. The molecule has 20 heavy (non-hydrogen) atoms. The molecule has 0 saturated heterocycles. The molecule has 0 spiro atoms. The van der Waals surface area contributed by atoms with Gasteiger partial charge in [-0.05, 0) is 18.2 Å². The minimum Gasteiger partial charge on any atom is -0.447 e. The molecule has 0 aromatic carbocycles. The molecule has 0 saturated carbocycles. The summed E-state index contributed by atoms with van der Waals surface area (Å²) in [6.45, 7) is 0. The van der Waals surface area contributed by atoms with Gasteiger partial charge in [0.25, 0.3) is 5.91 Å². The van der Waals surface area contributed by atoms with Gasteiger partial charge in [0.05, 0.1) is 16.9 Å². The Morgan fingerprint density at radius 3 is 2.85 bits per heavy atom. The number of fused-ring (bicyclic) bond motifs is 1. The molecule has 0 radical (unpaired) electrons. The van der Waals surface area contributed by atoms with Crippen molar-refractivity contribution in [1.82, 2.24) is 9.97 Å². The molecular formula is C13H9ClN4O2. The SMILES string of the molecule is Nc1c(C(=O)Nc2ccc(Cl)cn2)oc2cnccc12. The number of carbonyl (C=O) groups excluding carboxylic acids is 1. The highest BCUT2D eigenvalue weighted by molar-refractivity contribution is 6.30. The van der Waals surface area contributed by atoms with Gasteiger partial charge in [-0.15, -0.1) is 0 Å². The molecule has 0 aliphatic carbocycles. The summed E-state index contributed by atoms with van der Waals surface area (Å²) in [6, 6.07) is 4.89. The number of carbonyl (C=O) groups is 1. The number of nitrogen functional groups attached to an aromatic ring is 1. The summed E-state index contributed by atoms with van der Waals surface area (Å²) in [4.78, 5) is 20.0. The lowest BCUT2D eigenvalue weighted by molar-refractivity contribution is 0.0999. The van der Waals surface area contributed by atoms with Gasteiger partial charge in [-0.3, -0.25) is 9.78 Å². The lowest BCUT2D eigenvalue weighted by Crippen LogP contribution is -2.13. The van der Waals surface area contributed by atoms with E-state index in [-0.39, 0.29) is 11.4 Å². The van der Waals surface area contributed by atoms with Crippen molar-refractivity contribution < 1.29 is 9.21 Å². The van der Waals surface area contributed by atoms with Crippen molar-refractivity contribution in [3.8, 4) is 0 Å². The molecule has 3 heterocycles. The zero-order chi connectivity index (χ0) is 14.1. The second kappa shape index (κ2) is 4.82. The number of nitrogens with one attached hydrogen (secondary N) is 1. The smallest absolute Gasteiger partial charge is 0.294 e. The Hall–Kier alpha value is -2.60. The van der Waals surface area contributed by atoms with E-state index < -0.39 is 5.91 Å². The van der Waals surface area contributed by atoms with Gasteiger partial charge < -0.3 is 15.5 Å². The Morgan fingerprint density at radius 2 is 2.15 bits per heavy atom. The molecule has 6 nitrogen and oxygen atoms in total. The van der Waals surface area contributed by atoms with Crippen molar-refractivity contribution in [2.24, 2.45) is 0 Å². The van der Waals surface area contributed by atoms with Crippen LogP contribution >= 0.6 is 11.6 Å². The van der Waals surface area contributed by atoms with E-state index in [2.05, 4.69) is 15.3 Å². The van der Waals surface area contributed by atoms with Crippen LogP contribution in [0.2, 0.25) is 5.02 Å². The first-order chi connectivity index (χ1) is 9.65. The molecule has 100 valence electrons. The monoisotopic (exact) mass is 288 g/mol. The quantitative estimate of drug-likeness (QED) is 0.756. The van der Waals surface area contributed by atoms with Gasteiger partial charge in [-0.25, -0.2) is 4.98 Å². The first-order valence-corrected chi connectivity index (χ1v) is 6.08. The van der Waals surface area contributed by atoms with Crippen molar-refractivity contribution in [2.45, 2.75) is 0 Å². The predicted molar refractivity (Wildman–Crippen MR) is 75.6 cm³/mol. The number of hydrogen-bond acceptors (Lipinski definition) is 5. The summed E-state index contributed by atoms with van der Waals surface area (Å²) in [5.41, 5.74) is 6.62. The Balaban J connectivity index is 1.92. The van der Waals surface area contributed by atoms with Gasteiger partial charge >= 0.3 is 0 Å². The van der Waals surface area contributed by atoms with Gasteiger partial charge in [0, 0.05) is 17.8 Å². The fourth-order valence-corrected chi connectivity index (χ4v) is 1.87. The maximum Gasteiger partial charge on any atom is 0.294 e. The zero-order valence-corrected chi connectivity index (χ0v) is 10.9. The predicted octanol–water partition coefficient (Wildman–Crippen LogP) is 2.71. The summed E-state index contributed by atoms with van der Waals surface area (Å²) in [5, 5.41) is 3.72. The fourth-order valence-electron chi connectivity index (χ4n) is 1.76. The molecule has 0 aliphatic rings. The van der Waals surface area contributed by atoms with Crippen molar-refractivity contribution in [3.05, 3.63) is 47.6 Å². The number of anilines is 2. The molecule has 0 aliphatic heterocycles. The average molecular weight is 289 g/mol. The minimum atomic E-state index is -0.478. The third-order valence-corrected chi connectivity index (χ3v) is 2.93. The molecule has 7 heteroatoms. The highest BCUT2D eigenvalue weighted by Gasteiger charge is 2.18. The highest BCUT2D eigenvalue weighted by Crippen LogP contribution is 2.27. The van der Waals surface area contributed by atoms with Gasteiger partial charge in [-0.2, -0.15) is 0 Å². The Bertz CT molecular complexity index is 783. The standard InChI is InChI=1S/C13H9ClN4O2/c14-7-1-2-10(17-5-7)18-13(19)12-11(15)8-3-4-16-6-9(8)20-12/h1-6H,15H2,(H,17,18,19). The summed E-state index contributed by atoms with van der Waals surface area (Å²) in [5.74, 6) is -0.0874. The van der Waals surface area contributed by atoms with Crippen LogP contribution in [-0.2, 0) is 0 Å². The molecule has 3 aromatic heterocycles. The molecule has 3 rings (SSSR count). The maximum absolute atomic E-state index is 12.1. The van der Waals surface area contributed by atoms with Gasteiger partial charge in [0.1, 0.15) is 5.82 Å². The van der Waals surface area contributed by atoms with Gasteiger partial charge in [0.15, 0.2) is 5.58 Å². The van der Waals surface area contributed by atoms with Gasteiger partial charge in [-0.1, -0.05) is 11.6 Å². The van der Waals surface area contributed by atoms with Crippen LogP contribution in [0.3, 0.4) is 0 Å². The number of rotatable bonds is 2. The lowest BCUT2D eigenvalue weighted by atomic mass is 10.2. The van der Waals surface area contributed by atoms with Crippen LogP contribution in [-0.4, -0.2) is 15.9 Å². The van der Waals surface area contributed by atoms with Crippen LogP contribution in [0.4, 0.5) is 11.5 Å². The van der Waals surface area contributed by atoms with Crippen LogP contribution in [0.5, 0.6) is 0 Å². The van der Waals surface area contributed by atoms with Gasteiger partial charge in [0.2, 0.25) is 5.76 Å². The number of halogens is 1. The maximum atomic E-state index is 12.1. The van der Waals surface area contributed by atoms with E-state index in [1.807, 2.05) is 0 Å². The van der Waals surface area contributed by atoms with Crippen LogP contribution in [0.25, 0.3) is 11.0 Å². The third kappa shape index (κ3) is 2.17. The van der Waals surface area contributed by atoms with E-state index in [0.29, 0.717) is 21.8 Å². The molecule has 0 fully saturated rings. The molecular weight excluding hydrogens is 280 g/mol. The number of pyridine rings is 2. The van der Waals surface area contributed by atoms with Crippen LogP contribution < -0.4 is 11.1 Å². The second-order valence-corrected chi connectivity index (χ2v) is 4.47. The summed E-state index contributed by atoms with van der Waals surface area (Å²) in [6.07, 6.45) is 4.52. The molecule has 0 atom stereocenters. The van der Waals surface area contributed by atoms with Crippen LogP contribution in [0.1, 0.15) is 10.6 Å². The van der Waals surface area contributed by atoms with Crippen molar-refractivity contribution in [3.63, 3.8) is 0 Å². The Morgan fingerprint density at radius 1 is 1.30 bits per heavy atom. The van der Waals surface area contributed by atoms with Crippen LogP contribution in [0, 0.1) is 0 Å². The highest BCUT2D eigenvalue weighted by atomic mass is 35.5. The van der Waals surface area contributed by atoms with E-state index in [1.54, 1.807) is 24.4 Å². The topological polar surface area (TPSA) is 94.0 Å². The van der Waals surface area contributed by atoms with E-state index in [0.717, 1.165) is 0 Å². The zero-order valence-electron chi connectivity index (χ0n) is 10.1. The number of amides is 1. The number of furan rings is 1. The van der Waals surface area contributed by atoms with Crippen molar-refractivity contribution in [1.29, 1.82) is 0 Å². The fraction of sp³-hybridized carbons (Fsp3) is 0. The average Bonchev–Trinajstić information content (AvgIpc) is 2.79. The van der Waals surface area contributed by atoms with E-state index in [9.17, 15) is 4.79 Å². The number of nitrogens with two attached hydrogens (primary N) is 1. The molecule has 1 amide bonds. The third-order valence-electron chi connectivity index (χ3n) is 2.71. The molecule has 0 unspecified atom stereocenters. The number of aromatic nitrogens is 2. The summed E-state index contributed by atoms with van der Waals surface area (Å²) >= 11 is 5.72. The molecule has 3 N–H and O–H groups in total. The van der Waals surface area contributed by atoms with Crippen LogP contribution in [0.15, 0.2) is 41.2 Å². The lowest BCUT2D eigenvalue weighted by Gasteiger charge is -2.02. The largest absolute Gasteiger partial charge is 0.447 e. The number of nitrogens with zero attached hydrogens (tertiary/aromatic N) is 2. The summed E-state index contributed by atoms with van der Waals surface area (Å²) < 4.78 is 5.40. The first-order valence-electron chi connectivity index (χ1n) is 5.70. The van der Waals surface area contributed by atoms with Crippen molar-refractivity contribution >= 4 is 40.0 Å². The molecule has 0 bridgehead atoms. The second-order valence-electron chi connectivity index (χ2n) is 4.03. The summed E-state index contributed by atoms with van der Waals surface area (Å²) in [7, 11) is 0. The van der Waals surface area contributed by atoms with E-state index >= 15 is 0 Å². The normalized spacial score (nSPS) is 10.7. The molecule has 3 aromatic rings. The van der Waals surface area contributed by atoms with E-state index in [1.165, 1.54) is 12.4 Å². The van der Waals surface area contributed by atoms with E-state index in [4.69, 9.17) is 21.8 Å². The Labute approximate surface area is 118 Å². The minimum absolute atomic E-state index is 0.0322. The first kappa shape index (κ1) is 12.4. The number of hydrogen-bond donors (Lipinski definition) is 2.